The number of aliphatic hydroxyl groups is 1. The molecule has 0 aliphatic carbocycles. The van der Waals surface area contributed by atoms with Crippen molar-refractivity contribution in [1.82, 2.24) is 4.90 Å². The van der Waals surface area contributed by atoms with Gasteiger partial charge in [0, 0.05) is 13.1 Å². The highest BCUT2D eigenvalue weighted by Crippen LogP contribution is 2.20. The van der Waals surface area contributed by atoms with Crippen LogP contribution in [0.4, 0.5) is 0 Å². The van der Waals surface area contributed by atoms with E-state index in [2.05, 4.69) is 0 Å². The van der Waals surface area contributed by atoms with E-state index in [0.29, 0.717) is 12.2 Å². The Balaban J connectivity index is 1.83. The lowest BCUT2D eigenvalue weighted by Gasteiger charge is -2.20. The van der Waals surface area contributed by atoms with Gasteiger partial charge in [0.25, 0.3) is 5.91 Å². The Kier molecular flexibility index (Phi) is 6.05. The van der Waals surface area contributed by atoms with E-state index in [1.807, 2.05) is 36.1 Å². The van der Waals surface area contributed by atoms with Crippen LogP contribution in [0.2, 0.25) is 0 Å². The van der Waals surface area contributed by atoms with Gasteiger partial charge in [-0.2, -0.15) is 0 Å². The van der Waals surface area contributed by atoms with Crippen LogP contribution in [0.15, 0.2) is 24.3 Å². The monoisotopic (exact) mass is 291 g/mol. The molecule has 1 aromatic carbocycles. The van der Waals surface area contributed by atoms with Crippen molar-refractivity contribution in [2.45, 2.75) is 45.1 Å². The fraction of sp³-hybridized carbons (Fsp3) is 0.588. The van der Waals surface area contributed by atoms with Crippen molar-refractivity contribution in [1.29, 1.82) is 0 Å². The van der Waals surface area contributed by atoms with E-state index in [1.165, 1.54) is 12.8 Å². The quantitative estimate of drug-likeness (QED) is 0.907. The number of ether oxygens (including phenoxy) is 1. The van der Waals surface area contributed by atoms with Gasteiger partial charge in [-0.05, 0) is 37.0 Å². The van der Waals surface area contributed by atoms with E-state index in [-0.39, 0.29) is 12.5 Å². The van der Waals surface area contributed by atoms with Crippen LogP contribution in [-0.2, 0) is 4.79 Å². The Hall–Kier alpha value is -1.55. The number of amides is 1. The third-order valence-electron chi connectivity index (χ3n) is 3.97. The zero-order chi connectivity index (χ0) is 15.1. The third-order valence-corrected chi connectivity index (χ3v) is 3.97. The zero-order valence-corrected chi connectivity index (χ0v) is 12.8. The summed E-state index contributed by atoms with van der Waals surface area (Å²) in [4.78, 5) is 14.0. The lowest BCUT2D eigenvalue weighted by molar-refractivity contribution is -0.133. The molecule has 1 aliphatic rings. The number of carbonyl (C=O) groups is 1. The second-order valence-corrected chi connectivity index (χ2v) is 5.58. The molecule has 1 aromatic rings. The first kappa shape index (κ1) is 15.8. The van der Waals surface area contributed by atoms with Crippen molar-refractivity contribution in [3.05, 3.63) is 29.8 Å². The molecule has 21 heavy (non-hydrogen) atoms. The van der Waals surface area contributed by atoms with Gasteiger partial charge in [-0.15, -0.1) is 0 Å². The minimum Gasteiger partial charge on any atom is -0.484 e. The minimum atomic E-state index is -0.433. The molecule has 2 rings (SSSR count). The highest BCUT2D eigenvalue weighted by molar-refractivity contribution is 5.77. The second kappa shape index (κ2) is 8.03. The van der Waals surface area contributed by atoms with Crippen LogP contribution in [0.5, 0.6) is 5.75 Å². The lowest BCUT2D eigenvalue weighted by atomic mass is 10.1. The van der Waals surface area contributed by atoms with Gasteiger partial charge in [0.15, 0.2) is 6.61 Å². The van der Waals surface area contributed by atoms with Gasteiger partial charge in [-0.25, -0.2) is 0 Å². The summed E-state index contributed by atoms with van der Waals surface area (Å²) in [5, 5.41) is 9.73. The Morgan fingerprint density at radius 3 is 2.38 bits per heavy atom. The number of aliphatic hydroxyl groups excluding tert-OH is 1. The standard InChI is InChI=1S/C17H25NO3/c1-2-16(19)14-7-9-15(10-8-14)21-13-17(20)18-11-5-3-4-6-12-18/h7-10,16,19H,2-6,11-13H2,1H3. The molecule has 1 N–H and O–H groups in total. The molecule has 1 aliphatic heterocycles. The maximum atomic E-state index is 12.1. The summed E-state index contributed by atoms with van der Waals surface area (Å²) in [6.07, 6.45) is 4.87. The van der Waals surface area contributed by atoms with E-state index in [0.717, 1.165) is 31.5 Å². The first-order valence-electron chi connectivity index (χ1n) is 7.89. The molecule has 1 heterocycles. The molecule has 1 fully saturated rings. The third kappa shape index (κ3) is 4.74. The van der Waals surface area contributed by atoms with Crippen LogP contribution in [0, 0.1) is 0 Å². The number of likely N-dealkylation sites (tertiary alicyclic amines) is 1. The number of benzene rings is 1. The summed E-state index contributed by atoms with van der Waals surface area (Å²) in [6.45, 7) is 3.73. The molecule has 0 saturated carbocycles. The molecule has 1 amide bonds. The van der Waals surface area contributed by atoms with Crippen molar-refractivity contribution in [2.75, 3.05) is 19.7 Å². The molecule has 0 bridgehead atoms. The largest absolute Gasteiger partial charge is 0.484 e. The van der Waals surface area contributed by atoms with Crippen molar-refractivity contribution in [3.63, 3.8) is 0 Å². The van der Waals surface area contributed by atoms with E-state index in [4.69, 9.17) is 4.74 Å². The maximum Gasteiger partial charge on any atom is 0.260 e. The Labute approximate surface area is 126 Å². The molecule has 116 valence electrons. The average Bonchev–Trinajstić information content (AvgIpc) is 2.81. The van der Waals surface area contributed by atoms with E-state index in [1.54, 1.807) is 0 Å². The van der Waals surface area contributed by atoms with Crippen molar-refractivity contribution < 1.29 is 14.6 Å². The molecular weight excluding hydrogens is 266 g/mol. The van der Waals surface area contributed by atoms with Crippen LogP contribution in [0.25, 0.3) is 0 Å². The number of carbonyl (C=O) groups excluding carboxylic acids is 1. The van der Waals surface area contributed by atoms with E-state index >= 15 is 0 Å². The van der Waals surface area contributed by atoms with Gasteiger partial charge in [0.05, 0.1) is 6.10 Å². The zero-order valence-electron chi connectivity index (χ0n) is 12.8. The predicted molar refractivity (Wildman–Crippen MR) is 82.2 cm³/mol. The first-order chi connectivity index (χ1) is 10.2. The summed E-state index contributed by atoms with van der Waals surface area (Å²) >= 11 is 0. The fourth-order valence-electron chi connectivity index (χ4n) is 2.58. The van der Waals surface area contributed by atoms with Gasteiger partial charge < -0.3 is 14.7 Å². The van der Waals surface area contributed by atoms with Crippen LogP contribution in [-0.4, -0.2) is 35.6 Å². The number of hydrogen-bond donors (Lipinski definition) is 1. The highest BCUT2D eigenvalue weighted by Gasteiger charge is 2.15. The smallest absolute Gasteiger partial charge is 0.260 e. The molecule has 4 heteroatoms. The Bertz CT molecular complexity index is 436. The van der Waals surface area contributed by atoms with Crippen LogP contribution >= 0.6 is 0 Å². The average molecular weight is 291 g/mol. The highest BCUT2D eigenvalue weighted by atomic mass is 16.5. The number of nitrogens with zero attached hydrogens (tertiary/aromatic N) is 1. The van der Waals surface area contributed by atoms with Gasteiger partial charge in [-0.1, -0.05) is 31.9 Å². The Morgan fingerprint density at radius 1 is 1.19 bits per heavy atom. The topological polar surface area (TPSA) is 49.8 Å². The summed E-state index contributed by atoms with van der Waals surface area (Å²) < 4.78 is 5.56. The molecule has 4 nitrogen and oxygen atoms in total. The second-order valence-electron chi connectivity index (χ2n) is 5.58. The van der Waals surface area contributed by atoms with Gasteiger partial charge >= 0.3 is 0 Å². The summed E-state index contributed by atoms with van der Waals surface area (Å²) in [6, 6.07) is 7.31. The van der Waals surface area contributed by atoms with Crippen molar-refractivity contribution >= 4 is 5.91 Å². The molecule has 1 unspecified atom stereocenters. The predicted octanol–water partition coefficient (Wildman–Crippen LogP) is 2.91. The van der Waals surface area contributed by atoms with Crippen molar-refractivity contribution in [3.8, 4) is 5.75 Å². The first-order valence-corrected chi connectivity index (χ1v) is 7.89. The van der Waals surface area contributed by atoms with Gasteiger partial charge in [0.2, 0.25) is 0 Å². The van der Waals surface area contributed by atoms with Crippen LogP contribution < -0.4 is 4.74 Å². The van der Waals surface area contributed by atoms with E-state index < -0.39 is 6.10 Å². The van der Waals surface area contributed by atoms with Crippen molar-refractivity contribution in [2.24, 2.45) is 0 Å². The van der Waals surface area contributed by atoms with Crippen LogP contribution in [0.3, 0.4) is 0 Å². The SMILES string of the molecule is CCC(O)c1ccc(OCC(=O)N2CCCCCC2)cc1. The van der Waals surface area contributed by atoms with Gasteiger partial charge in [-0.3, -0.25) is 4.79 Å². The summed E-state index contributed by atoms with van der Waals surface area (Å²) in [7, 11) is 0. The molecule has 0 radical (unpaired) electrons. The molecule has 0 spiro atoms. The molecule has 1 saturated heterocycles. The minimum absolute atomic E-state index is 0.0644. The molecule has 0 aromatic heterocycles. The Morgan fingerprint density at radius 2 is 1.81 bits per heavy atom. The number of rotatable bonds is 5. The van der Waals surface area contributed by atoms with Gasteiger partial charge in [0.1, 0.15) is 5.75 Å². The normalized spacial score (nSPS) is 17.1. The molecular formula is C17H25NO3. The van der Waals surface area contributed by atoms with Crippen LogP contribution in [0.1, 0.15) is 50.7 Å². The molecule has 1 atom stereocenters. The van der Waals surface area contributed by atoms with E-state index in [9.17, 15) is 9.90 Å². The number of hydrogen-bond acceptors (Lipinski definition) is 3. The fourth-order valence-corrected chi connectivity index (χ4v) is 2.58. The summed E-state index contributed by atoms with van der Waals surface area (Å²) in [5.74, 6) is 0.736. The summed E-state index contributed by atoms with van der Waals surface area (Å²) in [5.41, 5.74) is 0.878. The lowest BCUT2D eigenvalue weighted by Crippen LogP contribution is -2.35. The maximum absolute atomic E-state index is 12.1.